The van der Waals surface area contributed by atoms with E-state index in [0.29, 0.717) is 23.5 Å². The Bertz CT molecular complexity index is 774. The monoisotopic (exact) mass is 351 g/mol. The molecule has 3 nitrogen and oxygen atoms in total. The van der Waals surface area contributed by atoms with Gasteiger partial charge in [-0.15, -0.1) is 0 Å². The number of aliphatic hydroxyl groups is 1. The molecule has 0 saturated carbocycles. The molecule has 3 rings (SSSR count). The van der Waals surface area contributed by atoms with Crippen molar-refractivity contribution in [3.8, 4) is 16.9 Å². The van der Waals surface area contributed by atoms with Crippen LogP contribution in [0.2, 0.25) is 0 Å². The summed E-state index contributed by atoms with van der Waals surface area (Å²) in [5, 5.41) is 10.6. The van der Waals surface area contributed by atoms with Crippen molar-refractivity contribution in [1.29, 1.82) is 0 Å². The van der Waals surface area contributed by atoms with Gasteiger partial charge >= 0.3 is 6.18 Å². The standard InChI is InChI=1S/C19H20F3NO2/c1-23(2)10-5-11-25-13-8-9-15-14-6-3-4-7-16(14)18(24,17(15)12-13)19(20,21)22/h3-4,6-9,12,24H,5,10-11H2,1-2H3. The number of nitrogens with zero attached hydrogens (tertiary/aromatic N) is 1. The number of benzene rings is 2. The van der Waals surface area contributed by atoms with Crippen LogP contribution in [0.3, 0.4) is 0 Å². The van der Waals surface area contributed by atoms with Crippen molar-refractivity contribution in [3.63, 3.8) is 0 Å². The number of halogens is 3. The summed E-state index contributed by atoms with van der Waals surface area (Å²) in [7, 11) is 3.88. The lowest BCUT2D eigenvalue weighted by Gasteiger charge is -2.28. The maximum Gasteiger partial charge on any atom is 0.425 e. The molecule has 6 heteroatoms. The summed E-state index contributed by atoms with van der Waals surface area (Å²) in [4.78, 5) is 2.01. The minimum atomic E-state index is -4.82. The minimum absolute atomic E-state index is 0.137. The summed E-state index contributed by atoms with van der Waals surface area (Å²) >= 11 is 0. The second-order valence-electron chi connectivity index (χ2n) is 6.47. The zero-order valence-electron chi connectivity index (χ0n) is 14.1. The van der Waals surface area contributed by atoms with Crippen molar-refractivity contribution in [2.45, 2.75) is 18.2 Å². The molecule has 0 aliphatic heterocycles. The van der Waals surface area contributed by atoms with E-state index in [0.717, 1.165) is 13.0 Å². The number of hydrogen-bond donors (Lipinski definition) is 1. The maximum absolute atomic E-state index is 13.7. The summed E-state index contributed by atoms with van der Waals surface area (Å²) in [6, 6.07) is 10.6. The molecule has 0 saturated heterocycles. The molecule has 0 fully saturated rings. The lowest BCUT2D eigenvalue weighted by Crippen LogP contribution is -2.41. The van der Waals surface area contributed by atoms with Crippen LogP contribution in [0.5, 0.6) is 5.75 Å². The van der Waals surface area contributed by atoms with Gasteiger partial charge in [0.05, 0.1) is 6.61 Å². The maximum atomic E-state index is 13.7. The predicted molar refractivity (Wildman–Crippen MR) is 89.6 cm³/mol. The van der Waals surface area contributed by atoms with Crippen LogP contribution >= 0.6 is 0 Å². The Hall–Kier alpha value is -2.05. The van der Waals surface area contributed by atoms with Crippen molar-refractivity contribution in [3.05, 3.63) is 53.6 Å². The average Bonchev–Trinajstić information content (AvgIpc) is 2.82. The minimum Gasteiger partial charge on any atom is -0.494 e. The number of ether oxygens (including phenoxy) is 1. The number of alkyl halides is 3. The summed E-state index contributed by atoms with van der Waals surface area (Å²) < 4.78 is 46.8. The zero-order chi connectivity index (χ0) is 18.2. The fourth-order valence-electron chi connectivity index (χ4n) is 3.20. The number of hydrogen-bond acceptors (Lipinski definition) is 3. The Morgan fingerprint density at radius 3 is 2.40 bits per heavy atom. The molecule has 2 aromatic carbocycles. The van der Waals surface area contributed by atoms with Crippen molar-refractivity contribution < 1.29 is 23.0 Å². The first kappa shape index (κ1) is 17.8. The van der Waals surface area contributed by atoms with Gasteiger partial charge in [0, 0.05) is 17.7 Å². The molecule has 1 N–H and O–H groups in total. The van der Waals surface area contributed by atoms with Crippen LogP contribution in [-0.4, -0.2) is 43.4 Å². The molecular weight excluding hydrogens is 331 g/mol. The topological polar surface area (TPSA) is 32.7 Å². The van der Waals surface area contributed by atoms with Gasteiger partial charge in [0.15, 0.2) is 0 Å². The fraction of sp³-hybridized carbons (Fsp3) is 0.368. The quantitative estimate of drug-likeness (QED) is 0.832. The van der Waals surface area contributed by atoms with Crippen molar-refractivity contribution in [2.24, 2.45) is 0 Å². The second kappa shape index (κ2) is 6.35. The summed E-state index contributed by atoms with van der Waals surface area (Å²) in [5.74, 6) is 0.327. The smallest absolute Gasteiger partial charge is 0.425 e. The Kier molecular flexibility index (Phi) is 4.51. The Morgan fingerprint density at radius 2 is 1.72 bits per heavy atom. The first-order chi connectivity index (χ1) is 11.7. The summed E-state index contributed by atoms with van der Waals surface area (Å²) in [5.41, 5.74) is -2.54. The Balaban J connectivity index is 1.96. The number of rotatable bonds is 5. The fourth-order valence-corrected chi connectivity index (χ4v) is 3.20. The van der Waals surface area contributed by atoms with Gasteiger partial charge in [-0.2, -0.15) is 13.2 Å². The molecule has 0 bridgehead atoms. The molecule has 0 aromatic heterocycles. The highest BCUT2D eigenvalue weighted by Gasteiger charge is 2.60. The molecule has 1 aliphatic rings. The third kappa shape index (κ3) is 3.00. The molecule has 2 aromatic rings. The normalized spacial score (nSPS) is 19.0. The molecule has 1 aliphatic carbocycles. The summed E-state index contributed by atoms with van der Waals surface area (Å²) in [6.45, 7) is 1.22. The second-order valence-corrected chi connectivity index (χ2v) is 6.47. The van der Waals surface area contributed by atoms with Crippen LogP contribution < -0.4 is 4.74 Å². The third-order valence-electron chi connectivity index (χ3n) is 4.42. The van der Waals surface area contributed by atoms with Crippen molar-refractivity contribution in [1.82, 2.24) is 4.90 Å². The molecule has 0 radical (unpaired) electrons. The van der Waals surface area contributed by atoms with Gasteiger partial charge < -0.3 is 14.7 Å². The average molecular weight is 351 g/mol. The van der Waals surface area contributed by atoms with Crippen molar-refractivity contribution in [2.75, 3.05) is 27.2 Å². The number of fused-ring (bicyclic) bond motifs is 3. The molecule has 0 spiro atoms. The van der Waals surface area contributed by atoms with Crippen LogP contribution in [0.1, 0.15) is 17.5 Å². The largest absolute Gasteiger partial charge is 0.494 e. The van der Waals surface area contributed by atoms with Crippen LogP contribution in [0.15, 0.2) is 42.5 Å². The molecular formula is C19H20F3NO2. The molecule has 0 heterocycles. The van der Waals surface area contributed by atoms with Gasteiger partial charge in [-0.3, -0.25) is 0 Å². The van der Waals surface area contributed by atoms with E-state index < -0.39 is 11.8 Å². The van der Waals surface area contributed by atoms with Gasteiger partial charge in [-0.25, -0.2) is 0 Å². The predicted octanol–water partition coefficient (Wildman–Crippen LogP) is 3.80. The third-order valence-corrected chi connectivity index (χ3v) is 4.42. The van der Waals surface area contributed by atoms with Crippen LogP contribution in [0.25, 0.3) is 11.1 Å². The van der Waals surface area contributed by atoms with E-state index in [1.165, 1.54) is 18.2 Å². The van der Waals surface area contributed by atoms with Crippen LogP contribution in [0, 0.1) is 0 Å². The zero-order valence-corrected chi connectivity index (χ0v) is 14.1. The lowest BCUT2D eigenvalue weighted by atomic mass is 9.91. The van der Waals surface area contributed by atoms with Gasteiger partial charge in [0.1, 0.15) is 5.75 Å². The SMILES string of the molecule is CN(C)CCCOc1ccc2c(c1)C(O)(C(F)(F)F)c1ccccc1-2. The Morgan fingerprint density at radius 1 is 1.04 bits per heavy atom. The molecule has 1 atom stereocenters. The lowest BCUT2D eigenvalue weighted by molar-refractivity contribution is -0.246. The van der Waals surface area contributed by atoms with E-state index >= 15 is 0 Å². The van der Waals surface area contributed by atoms with E-state index in [1.54, 1.807) is 24.3 Å². The molecule has 25 heavy (non-hydrogen) atoms. The highest BCUT2D eigenvalue weighted by Crippen LogP contribution is 2.55. The highest BCUT2D eigenvalue weighted by atomic mass is 19.4. The van der Waals surface area contributed by atoms with Crippen molar-refractivity contribution >= 4 is 0 Å². The first-order valence-corrected chi connectivity index (χ1v) is 8.06. The van der Waals surface area contributed by atoms with Crippen LogP contribution in [0.4, 0.5) is 13.2 Å². The van der Waals surface area contributed by atoms with E-state index in [9.17, 15) is 18.3 Å². The van der Waals surface area contributed by atoms with Gasteiger partial charge in [0.25, 0.3) is 0 Å². The van der Waals surface area contributed by atoms with E-state index in [2.05, 4.69) is 0 Å². The van der Waals surface area contributed by atoms with Gasteiger partial charge in [0.2, 0.25) is 5.60 Å². The van der Waals surface area contributed by atoms with Gasteiger partial charge in [-0.1, -0.05) is 30.3 Å². The Labute approximate surface area is 144 Å². The molecule has 0 amide bonds. The van der Waals surface area contributed by atoms with Gasteiger partial charge in [-0.05, 0) is 43.8 Å². The highest BCUT2D eigenvalue weighted by molar-refractivity contribution is 5.81. The first-order valence-electron chi connectivity index (χ1n) is 8.06. The van der Waals surface area contributed by atoms with E-state index in [-0.39, 0.29) is 11.1 Å². The van der Waals surface area contributed by atoms with Crippen LogP contribution in [-0.2, 0) is 5.60 Å². The molecule has 1 unspecified atom stereocenters. The molecule has 134 valence electrons. The van der Waals surface area contributed by atoms with E-state index in [1.807, 2.05) is 19.0 Å². The van der Waals surface area contributed by atoms with E-state index in [4.69, 9.17) is 4.74 Å². The summed E-state index contributed by atoms with van der Waals surface area (Å²) in [6.07, 6.45) is -4.06.